The van der Waals surface area contributed by atoms with Crippen LogP contribution in [0.5, 0.6) is 0 Å². The molecule has 2 unspecified atom stereocenters. The van der Waals surface area contributed by atoms with Crippen LogP contribution in [0.3, 0.4) is 0 Å². The number of aryl methyl sites for hydroxylation is 1. The molecule has 0 aromatic carbocycles. The lowest BCUT2D eigenvalue weighted by molar-refractivity contribution is 0.272. The molecule has 0 spiro atoms. The summed E-state index contributed by atoms with van der Waals surface area (Å²) in [5.41, 5.74) is 11.0. The van der Waals surface area contributed by atoms with E-state index in [-0.39, 0.29) is 6.04 Å². The van der Waals surface area contributed by atoms with Crippen molar-refractivity contribution in [1.29, 1.82) is 0 Å². The fraction of sp³-hybridized carbons (Fsp3) is 0.750. The van der Waals surface area contributed by atoms with Crippen LogP contribution in [0.4, 0.5) is 0 Å². The van der Waals surface area contributed by atoms with E-state index in [0.29, 0.717) is 5.41 Å². The third kappa shape index (κ3) is 2.49. The van der Waals surface area contributed by atoms with Gasteiger partial charge in [-0.1, -0.05) is 34.1 Å². The predicted molar refractivity (Wildman–Crippen MR) is 77.7 cm³/mol. The van der Waals surface area contributed by atoms with Crippen LogP contribution in [0.2, 0.25) is 0 Å². The molecule has 2 nitrogen and oxygen atoms in total. The maximum atomic E-state index is 6.35. The van der Waals surface area contributed by atoms with E-state index in [9.17, 15) is 0 Å². The number of aromatic nitrogens is 1. The number of nitrogens with zero attached hydrogens (tertiary/aromatic N) is 1. The average Bonchev–Trinajstić information content (AvgIpc) is 2.55. The summed E-state index contributed by atoms with van der Waals surface area (Å²) in [5.74, 6) is 0.737. The van der Waals surface area contributed by atoms with Gasteiger partial charge in [0, 0.05) is 24.0 Å². The summed E-state index contributed by atoms with van der Waals surface area (Å²) in [4.78, 5) is 0. The minimum Gasteiger partial charge on any atom is -0.348 e. The second-order valence-corrected chi connectivity index (χ2v) is 6.96. The van der Waals surface area contributed by atoms with E-state index in [0.717, 1.165) is 18.9 Å². The molecular weight excluding hydrogens is 220 g/mol. The van der Waals surface area contributed by atoms with Crippen LogP contribution in [0.15, 0.2) is 6.07 Å². The Bertz CT molecular complexity index is 429. The first kappa shape index (κ1) is 13.7. The smallest absolute Gasteiger partial charge is 0.0318 e. The van der Waals surface area contributed by atoms with Gasteiger partial charge in [-0.3, -0.25) is 0 Å². The molecular formula is C16H28N2. The van der Waals surface area contributed by atoms with E-state index in [1.54, 1.807) is 0 Å². The van der Waals surface area contributed by atoms with Gasteiger partial charge in [-0.15, -0.1) is 0 Å². The lowest BCUT2D eigenvalue weighted by Gasteiger charge is -2.35. The molecule has 2 heteroatoms. The Morgan fingerprint density at radius 1 is 1.50 bits per heavy atom. The summed E-state index contributed by atoms with van der Waals surface area (Å²) >= 11 is 0. The average molecular weight is 248 g/mol. The molecule has 102 valence electrons. The van der Waals surface area contributed by atoms with Crippen LogP contribution in [0.1, 0.15) is 63.5 Å². The second kappa shape index (κ2) is 4.73. The third-order valence-corrected chi connectivity index (χ3v) is 4.46. The molecule has 0 aliphatic heterocycles. The van der Waals surface area contributed by atoms with Crippen molar-refractivity contribution in [3.63, 3.8) is 0 Å². The minimum atomic E-state index is 0.223. The molecule has 18 heavy (non-hydrogen) atoms. The summed E-state index contributed by atoms with van der Waals surface area (Å²) < 4.78 is 2.52. The summed E-state index contributed by atoms with van der Waals surface area (Å²) in [6.45, 7) is 12.6. The fourth-order valence-electron chi connectivity index (χ4n) is 3.20. The topological polar surface area (TPSA) is 30.9 Å². The lowest BCUT2D eigenvalue weighted by atomic mass is 9.74. The van der Waals surface area contributed by atoms with E-state index in [4.69, 9.17) is 5.73 Å². The molecule has 1 aromatic rings. The summed E-state index contributed by atoms with van der Waals surface area (Å²) in [5, 5.41) is 0. The first-order valence-electron chi connectivity index (χ1n) is 7.28. The van der Waals surface area contributed by atoms with Gasteiger partial charge in [0.2, 0.25) is 0 Å². The largest absolute Gasteiger partial charge is 0.348 e. The standard InChI is InChI=1S/C16H28N2/c1-6-11(2)10-18-12(3)7-13-14(17)8-16(4,5)9-15(13)18/h7,11,14H,6,8-10,17H2,1-5H3. The van der Waals surface area contributed by atoms with E-state index in [1.807, 2.05) is 0 Å². The normalized spacial score (nSPS) is 23.8. The lowest BCUT2D eigenvalue weighted by Crippen LogP contribution is -2.30. The molecule has 1 aliphatic carbocycles. The highest BCUT2D eigenvalue weighted by Gasteiger charge is 2.33. The monoisotopic (exact) mass is 248 g/mol. The van der Waals surface area contributed by atoms with Crippen molar-refractivity contribution >= 4 is 0 Å². The molecule has 0 saturated heterocycles. The Morgan fingerprint density at radius 3 is 2.78 bits per heavy atom. The maximum Gasteiger partial charge on any atom is 0.0318 e. The minimum absolute atomic E-state index is 0.223. The van der Waals surface area contributed by atoms with Crippen molar-refractivity contribution < 1.29 is 0 Å². The zero-order chi connectivity index (χ0) is 13.5. The SMILES string of the molecule is CCC(C)Cn1c(C)cc2c1CC(C)(C)CC2N. The van der Waals surface area contributed by atoms with Crippen molar-refractivity contribution in [1.82, 2.24) is 4.57 Å². The highest BCUT2D eigenvalue weighted by Crippen LogP contribution is 2.41. The van der Waals surface area contributed by atoms with Gasteiger partial charge in [-0.2, -0.15) is 0 Å². The fourth-order valence-corrected chi connectivity index (χ4v) is 3.20. The summed E-state index contributed by atoms with van der Waals surface area (Å²) in [6, 6.07) is 2.54. The Hall–Kier alpha value is -0.760. The molecule has 0 saturated carbocycles. The second-order valence-electron chi connectivity index (χ2n) is 6.96. The predicted octanol–water partition coefficient (Wildman–Crippen LogP) is 3.81. The van der Waals surface area contributed by atoms with Gasteiger partial charge in [0.25, 0.3) is 0 Å². The van der Waals surface area contributed by atoms with Gasteiger partial charge in [-0.25, -0.2) is 0 Å². The van der Waals surface area contributed by atoms with Gasteiger partial charge in [-0.05, 0) is 42.7 Å². The number of hydrogen-bond acceptors (Lipinski definition) is 1. The Balaban J connectivity index is 2.38. The molecule has 0 fully saturated rings. The van der Waals surface area contributed by atoms with Gasteiger partial charge < -0.3 is 10.3 Å². The van der Waals surface area contributed by atoms with Crippen LogP contribution < -0.4 is 5.73 Å². The number of nitrogens with two attached hydrogens (primary N) is 1. The van der Waals surface area contributed by atoms with Gasteiger partial charge >= 0.3 is 0 Å². The zero-order valence-corrected chi connectivity index (χ0v) is 12.6. The van der Waals surface area contributed by atoms with Crippen LogP contribution in [-0.2, 0) is 13.0 Å². The zero-order valence-electron chi connectivity index (χ0n) is 12.6. The molecule has 1 aliphatic rings. The molecule has 2 rings (SSSR count). The molecule has 0 radical (unpaired) electrons. The molecule has 1 aromatic heterocycles. The van der Waals surface area contributed by atoms with Crippen molar-refractivity contribution in [2.75, 3.05) is 0 Å². The van der Waals surface area contributed by atoms with Crippen molar-refractivity contribution in [2.45, 2.75) is 66.5 Å². The number of fused-ring (bicyclic) bond motifs is 1. The maximum absolute atomic E-state index is 6.35. The Labute approximate surface area is 112 Å². The molecule has 0 amide bonds. The van der Waals surface area contributed by atoms with Crippen LogP contribution in [0.25, 0.3) is 0 Å². The molecule has 1 heterocycles. The van der Waals surface area contributed by atoms with Crippen LogP contribution >= 0.6 is 0 Å². The van der Waals surface area contributed by atoms with E-state index in [1.165, 1.54) is 29.8 Å². The first-order chi connectivity index (χ1) is 8.34. The molecule has 2 N–H and O–H groups in total. The molecule has 2 atom stereocenters. The number of hydrogen-bond donors (Lipinski definition) is 1. The summed E-state index contributed by atoms with van der Waals surface area (Å²) in [6.07, 6.45) is 3.51. The van der Waals surface area contributed by atoms with Crippen molar-refractivity contribution in [2.24, 2.45) is 17.1 Å². The van der Waals surface area contributed by atoms with Crippen LogP contribution in [0, 0.1) is 18.3 Å². The summed E-state index contributed by atoms with van der Waals surface area (Å²) in [7, 11) is 0. The quantitative estimate of drug-likeness (QED) is 0.866. The van der Waals surface area contributed by atoms with E-state index < -0.39 is 0 Å². The Kier molecular flexibility index (Phi) is 3.59. The van der Waals surface area contributed by atoms with Crippen molar-refractivity contribution in [3.05, 3.63) is 23.0 Å². The van der Waals surface area contributed by atoms with Crippen molar-refractivity contribution in [3.8, 4) is 0 Å². The van der Waals surface area contributed by atoms with Gasteiger partial charge in [0.05, 0.1) is 0 Å². The van der Waals surface area contributed by atoms with Gasteiger partial charge in [0.1, 0.15) is 0 Å². The Morgan fingerprint density at radius 2 is 2.17 bits per heavy atom. The van der Waals surface area contributed by atoms with E-state index >= 15 is 0 Å². The van der Waals surface area contributed by atoms with Crippen LogP contribution in [-0.4, -0.2) is 4.57 Å². The third-order valence-electron chi connectivity index (χ3n) is 4.46. The number of rotatable bonds is 3. The van der Waals surface area contributed by atoms with Gasteiger partial charge in [0.15, 0.2) is 0 Å². The highest BCUT2D eigenvalue weighted by molar-refractivity contribution is 5.34. The van der Waals surface area contributed by atoms with E-state index in [2.05, 4.69) is 45.3 Å². The first-order valence-corrected chi connectivity index (χ1v) is 7.28. The highest BCUT2D eigenvalue weighted by atomic mass is 15.0. The molecule has 0 bridgehead atoms.